The van der Waals surface area contributed by atoms with Crippen molar-refractivity contribution in [2.45, 2.75) is 25.0 Å². The Morgan fingerprint density at radius 3 is 2.85 bits per heavy atom. The zero-order valence-corrected chi connectivity index (χ0v) is 14.6. The topological polar surface area (TPSA) is 40.6 Å². The summed E-state index contributed by atoms with van der Waals surface area (Å²) in [5.41, 5.74) is 1.28. The summed E-state index contributed by atoms with van der Waals surface area (Å²) in [7, 11) is 0. The van der Waals surface area contributed by atoms with E-state index in [0.29, 0.717) is 25.7 Å². The van der Waals surface area contributed by atoms with Crippen LogP contribution in [0, 0.1) is 3.57 Å². The van der Waals surface area contributed by atoms with Crippen LogP contribution in [-0.4, -0.2) is 30.6 Å². The highest BCUT2D eigenvalue weighted by molar-refractivity contribution is 14.1. The number of pyridine rings is 1. The van der Waals surface area contributed by atoms with Crippen LogP contribution < -0.4 is 4.74 Å². The molecular weight excluding hydrogens is 437 g/mol. The van der Waals surface area contributed by atoms with E-state index in [1.165, 1.54) is 5.57 Å². The fourth-order valence-corrected chi connectivity index (χ4v) is 3.16. The summed E-state index contributed by atoms with van der Waals surface area (Å²) >= 11 is 5.59. The van der Waals surface area contributed by atoms with Gasteiger partial charge in [-0.3, -0.25) is 0 Å². The first-order valence-corrected chi connectivity index (χ1v) is 8.45. The van der Waals surface area contributed by atoms with E-state index < -0.39 is 0 Å². The van der Waals surface area contributed by atoms with Crippen LogP contribution in [0.4, 0.5) is 0 Å². The molecule has 0 atom stereocenters. The summed E-state index contributed by atoms with van der Waals surface area (Å²) in [4.78, 5) is 4.34. The van der Waals surface area contributed by atoms with Gasteiger partial charge in [-0.05, 0) is 62.6 Å². The Morgan fingerprint density at radius 1 is 1.35 bits per heavy atom. The Balaban J connectivity index is 1.59. The molecule has 1 aliphatic carbocycles. The lowest BCUT2D eigenvalue weighted by molar-refractivity contribution is -0.161. The van der Waals surface area contributed by atoms with Gasteiger partial charge in [0.15, 0.2) is 5.79 Å². The quantitative estimate of drug-likeness (QED) is 0.399. The third-order valence-corrected chi connectivity index (χ3v) is 4.78. The van der Waals surface area contributed by atoms with Crippen LogP contribution in [0.1, 0.15) is 19.3 Å². The van der Waals surface area contributed by atoms with Gasteiger partial charge in [0, 0.05) is 12.8 Å². The molecule has 20 heavy (non-hydrogen) atoms. The highest BCUT2D eigenvalue weighted by Gasteiger charge is 2.37. The van der Waals surface area contributed by atoms with Crippen molar-refractivity contribution >= 4 is 38.5 Å². The van der Waals surface area contributed by atoms with Crippen molar-refractivity contribution in [3.05, 3.63) is 32.0 Å². The fraction of sp³-hybridized carbons (Fsp3) is 0.500. The molecule has 0 radical (unpaired) electrons. The van der Waals surface area contributed by atoms with Gasteiger partial charge in [0.25, 0.3) is 0 Å². The van der Waals surface area contributed by atoms with E-state index in [1.54, 1.807) is 0 Å². The van der Waals surface area contributed by atoms with Crippen LogP contribution in [0.5, 0.6) is 5.88 Å². The second kappa shape index (κ2) is 6.29. The molecule has 1 saturated heterocycles. The predicted molar refractivity (Wildman–Crippen MR) is 86.7 cm³/mol. The van der Waals surface area contributed by atoms with Crippen LogP contribution in [0.25, 0.3) is 0 Å². The maximum Gasteiger partial charge on any atom is 0.228 e. The van der Waals surface area contributed by atoms with E-state index in [9.17, 15) is 0 Å². The molecule has 6 heteroatoms. The maximum atomic E-state index is 5.81. The number of hydrogen-bond acceptors (Lipinski definition) is 4. The summed E-state index contributed by atoms with van der Waals surface area (Å²) < 4.78 is 19.0. The molecule has 3 rings (SSSR count). The molecular formula is C14H15BrINO3. The minimum atomic E-state index is -0.355. The zero-order chi connectivity index (χ0) is 14.0. The Bertz CT molecular complexity index is 529. The molecule has 2 heterocycles. The number of hydrogen-bond donors (Lipinski definition) is 0. The molecule has 1 spiro atoms. The molecule has 0 saturated carbocycles. The molecule has 1 aromatic heterocycles. The smallest absolute Gasteiger partial charge is 0.228 e. The molecule has 108 valence electrons. The average Bonchev–Trinajstić information content (AvgIpc) is 2.90. The lowest BCUT2D eigenvalue weighted by atomic mass is 9.94. The third-order valence-electron chi connectivity index (χ3n) is 3.52. The molecule has 2 aliphatic rings. The SMILES string of the molecule is Brc1ccc(I)c(OCC2=CCC3(CC2)OCCO3)n1. The van der Waals surface area contributed by atoms with Gasteiger partial charge in [0.05, 0.1) is 16.8 Å². The molecule has 4 nitrogen and oxygen atoms in total. The molecule has 0 aromatic carbocycles. The van der Waals surface area contributed by atoms with Crippen LogP contribution in [0.15, 0.2) is 28.4 Å². The van der Waals surface area contributed by atoms with Crippen molar-refractivity contribution in [3.8, 4) is 5.88 Å². The van der Waals surface area contributed by atoms with Crippen LogP contribution in [0.2, 0.25) is 0 Å². The Morgan fingerprint density at radius 2 is 2.15 bits per heavy atom. The molecule has 0 bridgehead atoms. The van der Waals surface area contributed by atoms with Crippen LogP contribution in [-0.2, 0) is 9.47 Å². The summed E-state index contributed by atoms with van der Waals surface area (Å²) in [5.74, 6) is 0.320. The van der Waals surface area contributed by atoms with Gasteiger partial charge in [0.2, 0.25) is 5.88 Å². The first-order chi connectivity index (χ1) is 9.67. The number of aromatic nitrogens is 1. The van der Waals surface area contributed by atoms with E-state index in [2.05, 4.69) is 49.6 Å². The first kappa shape index (κ1) is 14.7. The van der Waals surface area contributed by atoms with Crippen molar-refractivity contribution in [3.63, 3.8) is 0 Å². The standard InChI is InChI=1S/C14H15BrINO3/c15-12-2-1-11(16)13(17-12)18-9-10-3-5-14(6-4-10)19-7-8-20-14/h1-3H,4-9H2. The lowest BCUT2D eigenvalue weighted by Gasteiger charge is -2.30. The summed E-state index contributed by atoms with van der Waals surface area (Å²) in [5, 5.41) is 0. The Labute approximate surface area is 140 Å². The zero-order valence-electron chi connectivity index (χ0n) is 10.9. The third kappa shape index (κ3) is 3.35. The normalized spacial score (nSPS) is 21.0. The Kier molecular flexibility index (Phi) is 4.64. The number of halogens is 2. The van der Waals surface area contributed by atoms with Gasteiger partial charge in [-0.25, -0.2) is 4.98 Å². The van der Waals surface area contributed by atoms with E-state index in [-0.39, 0.29) is 5.79 Å². The van der Waals surface area contributed by atoms with Crippen molar-refractivity contribution in [1.29, 1.82) is 0 Å². The first-order valence-electron chi connectivity index (χ1n) is 6.58. The van der Waals surface area contributed by atoms with Crippen molar-refractivity contribution in [2.75, 3.05) is 19.8 Å². The van der Waals surface area contributed by atoms with E-state index in [0.717, 1.165) is 27.4 Å². The van der Waals surface area contributed by atoms with Crippen molar-refractivity contribution in [2.24, 2.45) is 0 Å². The van der Waals surface area contributed by atoms with Gasteiger partial charge in [0.1, 0.15) is 11.2 Å². The predicted octanol–water partition coefficient (Wildman–Crippen LogP) is 3.68. The number of nitrogens with zero attached hydrogens (tertiary/aromatic N) is 1. The number of ether oxygens (including phenoxy) is 3. The monoisotopic (exact) mass is 451 g/mol. The van der Waals surface area contributed by atoms with Gasteiger partial charge >= 0.3 is 0 Å². The average molecular weight is 452 g/mol. The molecule has 1 fully saturated rings. The molecule has 0 unspecified atom stereocenters. The van der Waals surface area contributed by atoms with E-state index >= 15 is 0 Å². The number of rotatable bonds is 3. The molecule has 0 N–H and O–H groups in total. The highest BCUT2D eigenvalue weighted by atomic mass is 127. The second-order valence-corrected chi connectivity index (χ2v) is 6.86. The van der Waals surface area contributed by atoms with Crippen LogP contribution >= 0.6 is 38.5 Å². The van der Waals surface area contributed by atoms with Crippen molar-refractivity contribution in [1.82, 2.24) is 4.98 Å². The van der Waals surface area contributed by atoms with Crippen molar-refractivity contribution < 1.29 is 14.2 Å². The van der Waals surface area contributed by atoms with Gasteiger partial charge in [-0.2, -0.15) is 0 Å². The van der Waals surface area contributed by atoms with E-state index in [4.69, 9.17) is 14.2 Å². The minimum absolute atomic E-state index is 0.355. The van der Waals surface area contributed by atoms with Gasteiger partial charge in [-0.1, -0.05) is 6.08 Å². The lowest BCUT2D eigenvalue weighted by Crippen LogP contribution is -2.32. The second-order valence-electron chi connectivity index (χ2n) is 4.88. The molecule has 0 amide bonds. The molecule has 1 aromatic rings. The van der Waals surface area contributed by atoms with E-state index in [1.807, 2.05) is 12.1 Å². The molecule has 1 aliphatic heterocycles. The van der Waals surface area contributed by atoms with Crippen LogP contribution in [0.3, 0.4) is 0 Å². The summed E-state index contributed by atoms with van der Waals surface area (Å²) in [6.45, 7) is 2.00. The maximum absolute atomic E-state index is 5.81. The summed E-state index contributed by atoms with van der Waals surface area (Å²) in [6, 6.07) is 3.89. The van der Waals surface area contributed by atoms with Gasteiger partial charge < -0.3 is 14.2 Å². The largest absolute Gasteiger partial charge is 0.472 e. The summed E-state index contributed by atoms with van der Waals surface area (Å²) in [6.07, 6.45) is 4.85. The fourth-order valence-electron chi connectivity index (χ4n) is 2.41. The Hall–Kier alpha value is -0.180. The minimum Gasteiger partial charge on any atom is -0.472 e. The van der Waals surface area contributed by atoms with Gasteiger partial charge in [-0.15, -0.1) is 0 Å². The highest BCUT2D eigenvalue weighted by Crippen LogP contribution is 2.35.